The Morgan fingerprint density at radius 1 is 0.853 bits per heavy atom. The molecule has 1 aromatic carbocycles. The van der Waals surface area contributed by atoms with Crippen LogP contribution >= 0.6 is 0 Å². The molecular weight excluding hydrogens is 448 g/mol. The predicted octanol–water partition coefficient (Wildman–Crippen LogP) is -0.658. The summed E-state index contributed by atoms with van der Waals surface area (Å²) in [6, 6.07) is 0.682. The molecule has 0 aliphatic heterocycles. The van der Waals surface area contributed by atoms with Crippen LogP contribution in [0.5, 0.6) is 5.75 Å². The fourth-order valence-corrected chi connectivity index (χ4v) is 3.02. The summed E-state index contributed by atoms with van der Waals surface area (Å²) >= 11 is 0. The monoisotopic (exact) mass is 480 g/mol. The molecule has 0 aliphatic rings. The Morgan fingerprint density at radius 2 is 1.41 bits per heavy atom. The molecule has 1 aromatic rings. The second-order valence-corrected chi connectivity index (χ2v) is 8.40. The predicted molar refractivity (Wildman–Crippen MR) is 121 cm³/mol. The number of aromatic hydroxyl groups is 1. The van der Waals surface area contributed by atoms with E-state index in [1.54, 1.807) is 0 Å². The Balaban J connectivity index is 2.85. The van der Waals surface area contributed by atoms with Gasteiger partial charge in [-0.1, -0.05) is 26.0 Å². The van der Waals surface area contributed by atoms with Crippen LogP contribution in [-0.2, 0) is 30.4 Å². The van der Waals surface area contributed by atoms with E-state index >= 15 is 0 Å². The van der Waals surface area contributed by atoms with Gasteiger partial charge >= 0.3 is 11.9 Å². The van der Waals surface area contributed by atoms with Crippen molar-refractivity contribution in [3.05, 3.63) is 29.8 Å². The van der Waals surface area contributed by atoms with E-state index in [2.05, 4.69) is 16.0 Å². The first-order valence-corrected chi connectivity index (χ1v) is 10.7. The van der Waals surface area contributed by atoms with Crippen LogP contribution in [0.15, 0.2) is 24.3 Å². The summed E-state index contributed by atoms with van der Waals surface area (Å²) in [5.74, 6) is -5.07. The summed E-state index contributed by atoms with van der Waals surface area (Å²) < 4.78 is 0. The van der Waals surface area contributed by atoms with E-state index in [1.807, 2.05) is 13.8 Å². The molecule has 0 spiro atoms. The number of carboxylic acids is 2. The molecule has 0 saturated carbocycles. The summed E-state index contributed by atoms with van der Waals surface area (Å²) in [4.78, 5) is 60.1. The van der Waals surface area contributed by atoms with E-state index < -0.39 is 60.2 Å². The van der Waals surface area contributed by atoms with E-state index in [0.29, 0.717) is 12.0 Å². The maximum Gasteiger partial charge on any atom is 0.326 e. The number of aliphatic carboxylic acids is 2. The van der Waals surface area contributed by atoms with E-state index in [4.69, 9.17) is 10.8 Å². The number of carbonyl (C=O) groups excluding carboxylic acids is 3. The second kappa shape index (κ2) is 13.1. The van der Waals surface area contributed by atoms with E-state index in [0.717, 1.165) is 0 Å². The first-order chi connectivity index (χ1) is 15.8. The molecule has 188 valence electrons. The Kier molecular flexibility index (Phi) is 11.0. The topological polar surface area (TPSA) is 208 Å². The van der Waals surface area contributed by atoms with Gasteiger partial charge in [0.2, 0.25) is 17.7 Å². The minimum absolute atomic E-state index is 0.0183. The Bertz CT molecular complexity index is 887. The first kappa shape index (κ1) is 28.4. The third-order valence-electron chi connectivity index (χ3n) is 4.82. The lowest BCUT2D eigenvalue weighted by atomic mass is 10.0. The number of carboxylic acid groups (broad SMARTS) is 2. The largest absolute Gasteiger partial charge is 0.508 e. The smallest absolute Gasteiger partial charge is 0.326 e. The van der Waals surface area contributed by atoms with Crippen LogP contribution in [0.3, 0.4) is 0 Å². The van der Waals surface area contributed by atoms with Crippen molar-refractivity contribution in [1.29, 1.82) is 0 Å². The first-order valence-electron chi connectivity index (χ1n) is 10.7. The summed E-state index contributed by atoms with van der Waals surface area (Å²) in [6.07, 6.45) is -0.562. The number of phenolic OH excluding ortho intramolecular Hbond substituents is 1. The molecule has 0 saturated heterocycles. The van der Waals surface area contributed by atoms with Crippen molar-refractivity contribution in [2.45, 2.75) is 64.2 Å². The summed E-state index contributed by atoms with van der Waals surface area (Å²) in [5.41, 5.74) is 6.28. The van der Waals surface area contributed by atoms with Crippen molar-refractivity contribution in [2.75, 3.05) is 0 Å². The SMILES string of the molecule is CC(C)CC(N)C(=O)NC(C)C(=O)NC(CC(=O)O)C(=O)NC(Cc1ccc(O)cc1)C(=O)O. The molecule has 0 aromatic heterocycles. The highest BCUT2D eigenvalue weighted by atomic mass is 16.4. The van der Waals surface area contributed by atoms with Crippen LogP contribution in [0.2, 0.25) is 0 Å². The summed E-state index contributed by atoms with van der Waals surface area (Å²) in [7, 11) is 0. The minimum Gasteiger partial charge on any atom is -0.508 e. The van der Waals surface area contributed by atoms with Crippen molar-refractivity contribution in [1.82, 2.24) is 16.0 Å². The molecule has 3 amide bonds. The number of amides is 3. The van der Waals surface area contributed by atoms with E-state index in [9.17, 15) is 34.2 Å². The van der Waals surface area contributed by atoms with Crippen LogP contribution in [0.25, 0.3) is 0 Å². The molecule has 4 atom stereocenters. The third kappa shape index (κ3) is 9.86. The zero-order chi connectivity index (χ0) is 26.0. The van der Waals surface area contributed by atoms with Gasteiger partial charge in [-0.3, -0.25) is 19.2 Å². The number of carbonyl (C=O) groups is 5. The Labute approximate surface area is 196 Å². The van der Waals surface area contributed by atoms with Crippen molar-refractivity contribution in [2.24, 2.45) is 11.7 Å². The number of benzene rings is 1. The number of phenols is 1. The number of hydrogen-bond donors (Lipinski definition) is 7. The summed E-state index contributed by atoms with van der Waals surface area (Å²) in [6.45, 7) is 5.10. The van der Waals surface area contributed by atoms with Gasteiger partial charge in [-0.2, -0.15) is 0 Å². The van der Waals surface area contributed by atoms with Crippen LogP contribution in [0.4, 0.5) is 0 Å². The van der Waals surface area contributed by atoms with Crippen LogP contribution < -0.4 is 21.7 Å². The highest BCUT2D eigenvalue weighted by Crippen LogP contribution is 2.12. The lowest BCUT2D eigenvalue weighted by Gasteiger charge is -2.23. The number of nitrogens with one attached hydrogen (secondary N) is 3. The minimum atomic E-state index is -1.59. The van der Waals surface area contributed by atoms with Gasteiger partial charge < -0.3 is 37.0 Å². The zero-order valence-electron chi connectivity index (χ0n) is 19.3. The highest BCUT2D eigenvalue weighted by molar-refractivity contribution is 5.95. The van der Waals surface area contributed by atoms with Crippen molar-refractivity contribution in [3.63, 3.8) is 0 Å². The standard InChI is InChI=1S/C22H32N4O8/c1-11(2)8-15(23)20(31)24-12(3)19(30)25-16(10-18(28)29)21(32)26-17(22(33)34)9-13-4-6-14(27)7-5-13/h4-7,11-12,15-17,27H,8-10,23H2,1-3H3,(H,24,31)(H,25,30)(H,26,32)(H,28,29)(H,33,34). The molecule has 0 bridgehead atoms. The molecule has 0 aliphatic carbocycles. The number of hydrogen-bond acceptors (Lipinski definition) is 7. The van der Waals surface area contributed by atoms with Crippen LogP contribution in [-0.4, -0.2) is 69.1 Å². The molecule has 12 heteroatoms. The van der Waals surface area contributed by atoms with Crippen LogP contribution in [0.1, 0.15) is 39.2 Å². The van der Waals surface area contributed by atoms with Gasteiger partial charge in [0.15, 0.2) is 0 Å². The van der Waals surface area contributed by atoms with Crippen molar-refractivity contribution >= 4 is 29.7 Å². The van der Waals surface area contributed by atoms with Gasteiger partial charge in [-0.25, -0.2) is 4.79 Å². The quantitative estimate of drug-likeness (QED) is 0.191. The fourth-order valence-electron chi connectivity index (χ4n) is 3.02. The highest BCUT2D eigenvalue weighted by Gasteiger charge is 2.30. The molecule has 0 fully saturated rings. The molecule has 0 heterocycles. The maximum absolute atomic E-state index is 12.6. The molecule has 4 unspecified atom stereocenters. The lowest BCUT2D eigenvalue weighted by Crippen LogP contribution is -2.57. The average Bonchev–Trinajstić information content (AvgIpc) is 2.73. The van der Waals surface area contributed by atoms with Crippen LogP contribution in [0, 0.1) is 5.92 Å². The van der Waals surface area contributed by atoms with Gasteiger partial charge in [0.05, 0.1) is 12.5 Å². The number of nitrogens with two attached hydrogens (primary N) is 1. The number of rotatable bonds is 13. The molecular formula is C22H32N4O8. The van der Waals surface area contributed by atoms with Gasteiger partial charge in [0.1, 0.15) is 23.9 Å². The molecule has 34 heavy (non-hydrogen) atoms. The van der Waals surface area contributed by atoms with Gasteiger partial charge in [-0.15, -0.1) is 0 Å². The van der Waals surface area contributed by atoms with Crippen molar-refractivity contribution in [3.8, 4) is 5.75 Å². The van der Waals surface area contributed by atoms with E-state index in [1.165, 1.54) is 31.2 Å². The zero-order valence-corrected chi connectivity index (χ0v) is 19.3. The average molecular weight is 481 g/mol. The third-order valence-corrected chi connectivity index (χ3v) is 4.82. The molecule has 8 N–H and O–H groups in total. The fraction of sp³-hybridized carbons (Fsp3) is 0.500. The van der Waals surface area contributed by atoms with Crippen molar-refractivity contribution < 1.29 is 39.3 Å². The van der Waals surface area contributed by atoms with Gasteiger partial charge in [0, 0.05) is 6.42 Å². The Morgan fingerprint density at radius 3 is 1.91 bits per heavy atom. The lowest BCUT2D eigenvalue weighted by molar-refractivity contribution is -0.143. The van der Waals surface area contributed by atoms with E-state index in [-0.39, 0.29) is 18.1 Å². The maximum atomic E-state index is 12.6. The summed E-state index contributed by atoms with van der Waals surface area (Å²) in [5, 5.41) is 34.8. The second-order valence-electron chi connectivity index (χ2n) is 8.40. The molecule has 1 rings (SSSR count). The molecule has 0 radical (unpaired) electrons. The normalized spacial score (nSPS) is 14.4. The van der Waals surface area contributed by atoms with Gasteiger partial charge in [-0.05, 0) is 37.0 Å². The molecule has 12 nitrogen and oxygen atoms in total. The Hall–Kier alpha value is -3.67. The van der Waals surface area contributed by atoms with Gasteiger partial charge in [0.25, 0.3) is 0 Å².